The molecule has 2 aromatic carbocycles. The van der Waals surface area contributed by atoms with E-state index in [-0.39, 0.29) is 24.4 Å². The first-order chi connectivity index (χ1) is 15.1. The molecule has 0 bridgehead atoms. The first-order valence-corrected chi connectivity index (χ1v) is 10.6. The second kappa shape index (κ2) is 9.60. The van der Waals surface area contributed by atoms with E-state index in [1.807, 2.05) is 42.2 Å². The monoisotopic (exact) mass is 419 g/mol. The molecule has 0 spiro atoms. The van der Waals surface area contributed by atoms with Crippen LogP contribution >= 0.6 is 0 Å². The fourth-order valence-electron chi connectivity index (χ4n) is 3.46. The van der Waals surface area contributed by atoms with Crippen LogP contribution in [0.2, 0.25) is 0 Å². The molecule has 2 amide bonds. The lowest BCUT2D eigenvalue weighted by Crippen LogP contribution is -2.42. The second-order valence-electron chi connectivity index (χ2n) is 7.90. The lowest BCUT2D eigenvalue weighted by Gasteiger charge is -2.30. The quantitative estimate of drug-likeness (QED) is 0.510. The van der Waals surface area contributed by atoms with Crippen molar-refractivity contribution in [2.75, 3.05) is 6.54 Å². The predicted molar refractivity (Wildman–Crippen MR) is 117 cm³/mol. The highest BCUT2D eigenvalue weighted by Gasteiger charge is 2.30. The lowest BCUT2D eigenvalue weighted by atomic mass is 10.1. The summed E-state index contributed by atoms with van der Waals surface area (Å²) in [4.78, 5) is 18.8. The predicted octanol–water partition coefficient (Wildman–Crippen LogP) is 5.70. The lowest BCUT2D eigenvalue weighted by molar-refractivity contribution is 0.175. The highest BCUT2D eigenvalue weighted by Crippen LogP contribution is 2.33. The summed E-state index contributed by atoms with van der Waals surface area (Å²) in [5, 5.41) is 2.95. The summed E-state index contributed by atoms with van der Waals surface area (Å²) in [6, 6.07) is 18.0. The van der Waals surface area contributed by atoms with Gasteiger partial charge in [0.1, 0.15) is 5.75 Å². The fraction of sp³-hybridized carbons (Fsp3) is 0.280. The van der Waals surface area contributed by atoms with E-state index in [2.05, 4.69) is 10.3 Å². The van der Waals surface area contributed by atoms with Gasteiger partial charge in [-0.2, -0.15) is 0 Å². The second-order valence-corrected chi connectivity index (χ2v) is 7.90. The Balaban J connectivity index is 1.39. The van der Waals surface area contributed by atoms with Gasteiger partial charge in [-0.1, -0.05) is 36.4 Å². The average molecular weight is 420 g/mol. The molecule has 31 heavy (non-hydrogen) atoms. The Morgan fingerprint density at radius 1 is 1.19 bits per heavy atom. The molecule has 1 aliphatic rings. The van der Waals surface area contributed by atoms with Crippen LogP contribution < -0.4 is 10.1 Å². The third kappa shape index (κ3) is 5.60. The van der Waals surface area contributed by atoms with Gasteiger partial charge >= 0.3 is 6.03 Å². The number of hydrogen-bond donors (Lipinski definition) is 1. The molecule has 1 unspecified atom stereocenters. The first-order valence-electron chi connectivity index (χ1n) is 10.6. The molecule has 0 radical (unpaired) electrons. The highest BCUT2D eigenvalue weighted by molar-refractivity contribution is 5.74. The number of carbonyl (C=O) groups is 1. The molecule has 4 rings (SSSR count). The largest absolute Gasteiger partial charge is 0.453 e. The molecule has 3 aromatic rings. The number of aromatic nitrogens is 1. The van der Waals surface area contributed by atoms with Crippen LogP contribution in [0.25, 0.3) is 0 Å². The highest BCUT2D eigenvalue weighted by atomic mass is 19.1. The summed E-state index contributed by atoms with van der Waals surface area (Å²) < 4.78 is 20.0. The van der Waals surface area contributed by atoms with E-state index in [0.717, 1.165) is 24.9 Å². The van der Waals surface area contributed by atoms with Gasteiger partial charge < -0.3 is 15.0 Å². The minimum atomic E-state index is -0.483. The maximum absolute atomic E-state index is 14.5. The number of amides is 2. The standard InChI is InChI=1S/C25H26FN3O2/c1-18(21-6-3-2-4-7-21)29(17-19-9-10-19)25(30)28-15-20-11-12-24(23(26)14-20)31-22-8-5-13-27-16-22/h2-8,11-14,16,18-19H,9-10,15,17H2,1H3,(H,28,30). The van der Waals surface area contributed by atoms with E-state index in [1.54, 1.807) is 30.5 Å². The Labute approximate surface area is 181 Å². The number of nitrogens with one attached hydrogen (secondary N) is 1. The molecule has 6 heteroatoms. The minimum Gasteiger partial charge on any atom is -0.453 e. The zero-order chi connectivity index (χ0) is 21.6. The van der Waals surface area contributed by atoms with Crippen molar-refractivity contribution < 1.29 is 13.9 Å². The van der Waals surface area contributed by atoms with Crippen LogP contribution in [0, 0.1) is 11.7 Å². The maximum Gasteiger partial charge on any atom is 0.318 e. The van der Waals surface area contributed by atoms with Crippen molar-refractivity contribution in [3.8, 4) is 11.5 Å². The van der Waals surface area contributed by atoms with Crippen LogP contribution in [0.15, 0.2) is 73.1 Å². The number of rotatable bonds is 8. The molecule has 5 nitrogen and oxygen atoms in total. The van der Waals surface area contributed by atoms with Crippen molar-refractivity contribution in [2.24, 2.45) is 5.92 Å². The minimum absolute atomic E-state index is 0.0335. The van der Waals surface area contributed by atoms with Crippen molar-refractivity contribution in [3.05, 3.63) is 90.0 Å². The molecule has 160 valence electrons. The molecule has 1 N–H and O–H groups in total. The summed E-state index contributed by atoms with van der Waals surface area (Å²) in [6.07, 6.45) is 5.47. The molecular weight excluding hydrogens is 393 g/mol. The molecular formula is C25H26FN3O2. The molecule has 1 heterocycles. The number of halogens is 1. The van der Waals surface area contributed by atoms with Crippen molar-refractivity contribution in [1.82, 2.24) is 15.2 Å². The van der Waals surface area contributed by atoms with Crippen LogP contribution in [-0.2, 0) is 6.54 Å². The van der Waals surface area contributed by atoms with Gasteiger partial charge in [-0.05, 0) is 61.1 Å². The van der Waals surface area contributed by atoms with E-state index >= 15 is 0 Å². The third-order valence-electron chi connectivity index (χ3n) is 5.46. The van der Waals surface area contributed by atoms with Crippen LogP contribution in [0.1, 0.15) is 36.9 Å². The van der Waals surface area contributed by atoms with Gasteiger partial charge in [0.2, 0.25) is 0 Å². The SMILES string of the molecule is CC(c1ccccc1)N(CC1CC1)C(=O)NCc1ccc(Oc2cccnc2)c(F)c1. The van der Waals surface area contributed by atoms with Crippen LogP contribution in [-0.4, -0.2) is 22.5 Å². The molecule has 1 fully saturated rings. The van der Waals surface area contributed by atoms with E-state index in [1.165, 1.54) is 12.3 Å². The Morgan fingerprint density at radius 3 is 2.68 bits per heavy atom. The van der Waals surface area contributed by atoms with Crippen molar-refractivity contribution in [1.29, 1.82) is 0 Å². The third-order valence-corrected chi connectivity index (χ3v) is 5.46. The molecule has 1 aliphatic carbocycles. The molecule has 0 saturated heterocycles. The normalized spacial score (nSPS) is 14.0. The van der Waals surface area contributed by atoms with Gasteiger partial charge in [0.05, 0.1) is 12.2 Å². The summed E-state index contributed by atoms with van der Waals surface area (Å²) in [6.45, 7) is 3.02. The van der Waals surface area contributed by atoms with Gasteiger partial charge in [-0.3, -0.25) is 4.98 Å². The summed E-state index contributed by atoms with van der Waals surface area (Å²) in [7, 11) is 0. The average Bonchev–Trinajstić information content (AvgIpc) is 3.63. The van der Waals surface area contributed by atoms with Crippen molar-refractivity contribution in [2.45, 2.75) is 32.4 Å². The van der Waals surface area contributed by atoms with Crippen LogP contribution in [0.3, 0.4) is 0 Å². The van der Waals surface area contributed by atoms with Crippen LogP contribution in [0.4, 0.5) is 9.18 Å². The zero-order valence-electron chi connectivity index (χ0n) is 17.5. The van der Waals surface area contributed by atoms with Crippen LogP contribution in [0.5, 0.6) is 11.5 Å². The maximum atomic E-state index is 14.5. The fourth-order valence-corrected chi connectivity index (χ4v) is 3.46. The molecule has 1 saturated carbocycles. The van der Waals surface area contributed by atoms with Crippen molar-refractivity contribution >= 4 is 6.03 Å². The van der Waals surface area contributed by atoms with Gasteiger partial charge in [-0.15, -0.1) is 0 Å². The molecule has 1 aromatic heterocycles. The Bertz CT molecular complexity index is 1010. The van der Waals surface area contributed by atoms with E-state index in [4.69, 9.17) is 4.74 Å². The van der Waals surface area contributed by atoms with Gasteiger partial charge in [-0.25, -0.2) is 9.18 Å². The first kappa shape index (κ1) is 20.8. The van der Waals surface area contributed by atoms with E-state index < -0.39 is 5.82 Å². The summed E-state index contributed by atoms with van der Waals surface area (Å²) in [5.74, 6) is 0.672. The van der Waals surface area contributed by atoms with E-state index in [9.17, 15) is 9.18 Å². The number of benzene rings is 2. The number of pyridine rings is 1. The van der Waals surface area contributed by atoms with E-state index in [0.29, 0.717) is 17.2 Å². The van der Waals surface area contributed by atoms with Gasteiger partial charge in [0, 0.05) is 19.3 Å². The number of carbonyl (C=O) groups excluding carboxylic acids is 1. The number of ether oxygens (including phenoxy) is 1. The van der Waals surface area contributed by atoms with Gasteiger partial charge in [0.25, 0.3) is 0 Å². The smallest absolute Gasteiger partial charge is 0.318 e. The Kier molecular flexibility index (Phi) is 6.46. The Morgan fingerprint density at radius 2 is 2.00 bits per heavy atom. The van der Waals surface area contributed by atoms with Gasteiger partial charge in [0.15, 0.2) is 11.6 Å². The summed E-state index contributed by atoms with van der Waals surface area (Å²) in [5.41, 5.74) is 1.77. The van der Waals surface area contributed by atoms with Crippen molar-refractivity contribution in [3.63, 3.8) is 0 Å². The number of hydrogen-bond acceptors (Lipinski definition) is 3. The Hall–Kier alpha value is -3.41. The zero-order valence-corrected chi connectivity index (χ0v) is 17.5. The number of nitrogens with zero attached hydrogens (tertiary/aromatic N) is 2. The molecule has 0 aliphatic heterocycles. The summed E-state index contributed by atoms with van der Waals surface area (Å²) >= 11 is 0. The number of urea groups is 1. The topological polar surface area (TPSA) is 54.5 Å². The molecule has 1 atom stereocenters.